The molecule has 5 rings (SSSR count). The molecular weight excluding hydrogens is 495 g/mol. The third kappa shape index (κ3) is 5.80. The highest BCUT2D eigenvalue weighted by molar-refractivity contribution is 5.98. The van der Waals surface area contributed by atoms with Gasteiger partial charge in [0.25, 0.3) is 11.8 Å². The minimum Gasteiger partial charge on any atom is -0.335 e. The van der Waals surface area contributed by atoms with E-state index < -0.39 is 11.7 Å². The summed E-state index contributed by atoms with van der Waals surface area (Å²) in [5.41, 5.74) is 1.29. The third-order valence-corrected chi connectivity index (χ3v) is 6.85. The quantitative estimate of drug-likeness (QED) is 0.490. The van der Waals surface area contributed by atoms with Gasteiger partial charge in [-0.25, -0.2) is 0 Å². The Bertz CT molecular complexity index is 1330. The van der Waals surface area contributed by atoms with Crippen LogP contribution in [-0.2, 0) is 19.3 Å². The second-order valence-electron chi connectivity index (χ2n) is 9.47. The molecule has 10 heteroatoms. The van der Waals surface area contributed by atoms with Crippen molar-refractivity contribution in [2.45, 2.75) is 19.3 Å². The van der Waals surface area contributed by atoms with Crippen molar-refractivity contribution in [3.05, 3.63) is 94.8 Å². The second-order valence-corrected chi connectivity index (χ2v) is 9.47. The molecule has 0 N–H and O–H groups in total. The van der Waals surface area contributed by atoms with Crippen LogP contribution in [0.1, 0.15) is 37.7 Å². The van der Waals surface area contributed by atoms with Crippen LogP contribution in [0.25, 0.3) is 6.08 Å². The highest BCUT2D eigenvalue weighted by Gasteiger charge is 2.32. The van der Waals surface area contributed by atoms with Crippen molar-refractivity contribution in [2.24, 2.45) is 0 Å². The van der Waals surface area contributed by atoms with Crippen LogP contribution in [-0.4, -0.2) is 75.6 Å². The first-order valence-corrected chi connectivity index (χ1v) is 12.5. The molecule has 38 heavy (non-hydrogen) atoms. The zero-order valence-corrected chi connectivity index (χ0v) is 20.8. The molecule has 0 spiro atoms. The lowest BCUT2D eigenvalue weighted by molar-refractivity contribution is -0.137. The number of carbonyl (C=O) groups excluding carboxylic acids is 2. The number of aromatic nitrogens is 2. The third-order valence-electron chi connectivity index (χ3n) is 6.85. The van der Waals surface area contributed by atoms with Crippen molar-refractivity contribution >= 4 is 17.9 Å². The Labute approximate surface area is 218 Å². The van der Waals surface area contributed by atoms with E-state index in [0.29, 0.717) is 31.7 Å². The Kier molecular flexibility index (Phi) is 7.33. The number of piperazine rings is 1. The van der Waals surface area contributed by atoms with Crippen molar-refractivity contribution in [3.8, 4) is 0 Å². The van der Waals surface area contributed by atoms with Gasteiger partial charge in [-0.3, -0.25) is 19.2 Å². The summed E-state index contributed by atoms with van der Waals surface area (Å²) in [4.78, 5) is 31.7. The molecule has 0 atom stereocenters. The summed E-state index contributed by atoms with van der Waals surface area (Å²) in [5.74, 6) is -0.571. The van der Waals surface area contributed by atoms with Gasteiger partial charge in [0.1, 0.15) is 5.69 Å². The first kappa shape index (κ1) is 25.7. The first-order valence-electron chi connectivity index (χ1n) is 12.5. The molecule has 0 unspecified atom stereocenters. The fourth-order valence-corrected chi connectivity index (χ4v) is 4.76. The summed E-state index contributed by atoms with van der Waals surface area (Å²) < 4.78 is 40.7. The van der Waals surface area contributed by atoms with Crippen LogP contribution in [0.3, 0.4) is 0 Å². The maximum atomic E-state index is 13.1. The van der Waals surface area contributed by atoms with Crippen LogP contribution in [0.15, 0.2) is 66.7 Å². The number of benzene rings is 2. The minimum atomic E-state index is -4.44. The van der Waals surface area contributed by atoms with Gasteiger partial charge in [-0.2, -0.15) is 18.3 Å². The van der Waals surface area contributed by atoms with Crippen molar-refractivity contribution in [2.75, 3.05) is 39.3 Å². The van der Waals surface area contributed by atoms with Gasteiger partial charge in [0.05, 0.1) is 12.1 Å². The average molecular weight is 524 g/mol. The van der Waals surface area contributed by atoms with Crippen molar-refractivity contribution < 1.29 is 22.8 Å². The number of hydrogen-bond acceptors (Lipinski definition) is 4. The van der Waals surface area contributed by atoms with Crippen molar-refractivity contribution in [1.29, 1.82) is 0 Å². The lowest BCUT2D eigenvalue weighted by atomic mass is 10.1. The molecule has 7 nitrogen and oxygen atoms in total. The van der Waals surface area contributed by atoms with Crippen LogP contribution in [0.5, 0.6) is 0 Å². The number of fused-ring (bicyclic) bond motifs is 1. The molecule has 2 amide bonds. The summed E-state index contributed by atoms with van der Waals surface area (Å²) >= 11 is 0. The van der Waals surface area contributed by atoms with Crippen LogP contribution in [0.4, 0.5) is 13.2 Å². The second kappa shape index (κ2) is 10.8. The van der Waals surface area contributed by atoms with Gasteiger partial charge in [0, 0.05) is 51.9 Å². The molecule has 2 aliphatic heterocycles. The lowest BCUT2D eigenvalue weighted by Crippen LogP contribution is -2.48. The molecule has 3 heterocycles. The van der Waals surface area contributed by atoms with E-state index in [-0.39, 0.29) is 29.7 Å². The van der Waals surface area contributed by atoms with Gasteiger partial charge in [-0.15, -0.1) is 0 Å². The van der Waals surface area contributed by atoms with Crippen molar-refractivity contribution in [1.82, 2.24) is 24.5 Å². The number of nitrogens with zero attached hydrogens (tertiary/aromatic N) is 5. The van der Waals surface area contributed by atoms with Crippen LogP contribution >= 0.6 is 0 Å². The molecular formula is C28H28F3N5O2. The number of carbonyl (C=O) groups is 2. The van der Waals surface area contributed by atoms with Crippen LogP contribution < -0.4 is 0 Å². The molecule has 0 aliphatic carbocycles. The predicted molar refractivity (Wildman–Crippen MR) is 136 cm³/mol. The van der Waals surface area contributed by atoms with Gasteiger partial charge >= 0.3 is 6.18 Å². The van der Waals surface area contributed by atoms with E-state index in [1.807, 2.05) is 30.3 Å². The van der Waals surface area contributed by atoms with Gasteiger partial charge < -0.3 is 9.80 Å². The van der Waals surface area contributed by atoms with Crippen LogP contribution in [0.2, 0.25) is 0 Å². The van der Waals surface area contributed by atoms with E-state index in [0.717, 1.165) is 37.3 Å². The van der Waals surface area contributed by atoms with E-state index in [9.17, 15) is 22.8 Å². The standard InChI is InChI=1S/C28H28F3N5O2/c29-28(30,31)23-10-4-8-22(18-23)20-35-16-17-36-25(27(35)38)19-24(32-36)26(37)34-14-12-33(13-15-34)11-5-9-21-6-2-1-3-7-21/h1-10,18-19H,11-17,20H2/b9-5+. The Hall–Kier alpha value is -3.92. The zero-order chi connectivity index (χ0) is 26.7. The summed E-state index contributed by atoms with van der Waals surface area (Å²) in [5, 5.41) is 4.37. The summed E-state index contributed by atoms with van der Waals surface area (Å²) in [7, 11) is 0. The molecule has 0 radical (unpaired) electrons. The normalized spacial score (nSPS) is 16.8. The molecule has 1 saturated heterocycles. The topological polar surface area (TPSA) is 61.7 Å². The maximum Gasteiger partial charge on any atom is 0.416 e. The fourth-order valence-electron chi connectivity index (χ4n) is 4.76. The first-order chi connectivity index (χ1) is 18.3. The monoisotopic (exact) mass is 523 g/mol. The fraction of sp³-hybridized carbons (Fsp3) is 0.321. The molecule has 3 aromatic rings. The maximum absolute atomic E-state index is 13.1. The smallest absolute Gasteiger partial charge is 0.335 e. The van der Waals surface area contributed by atoms with E-state index in [4.69, 9.17) is 0 Å². The van der Waals surface area contributed by atoms with Crippen molar-refractivity contribution in [3.63, 3.8) is 0 Å². The van der Waals surface area contributed by atoms with Gasteiger partial charge in [0.15, 0.2) is 5.69 Å². The summed E-state index contributed by atoms with van der Waals surface area (Å²) in [6.45, 7) is 4.13. The number of alkyl halides is 3. The largest absolute Gasteiger partial charge is 0.416 e. The lowest BCUT2D eigenvalue weighted by Gasteiger charge is -2.33. The predicted octanol–water partition coefficient (Wildman–Crippen LogP) is 4.03. The average Bonchev–Trinajstić information content (AvgIpc) is 3.36. The van der Waals surface area contributed by atoms with E-state index >= 15 is 0 Å². The highest BCUT2D eigenvalue weighted by atomic mass is 19.4. The Morgan fingerprint density at radius 3 is 2.42 bits per heavy atom. The van der Waals surface area contributed by atoms with Gasteiger partial charge in [0.2, 0.25) is 0 Å². The zero-order valence-electron chi connectivity index (χ0n) is 20.8. The summed E-state index contributed by atoms with van der Waals surface area (Å²) in [6, 6.07) is 16.6. The van der Waals surface area contributed by atoms with E-state index in [2.05, 4.69) is 22.2 Å². The van der Waals surface area contributed by atoms with Crippen LogP contribution in [0, 0.1) is 0 Å². The highest BCUT2D eigenvalue weighted by Crippen LogP contribution is 2.30. The molecule has 2 aliphatic rings. The number of rotatable bonds is 6. The Balaban J connectivity index is 1.17. The van der Waals surface area contributed by atoms with Gasteiger partial charge in [-0.1, -0.05) is 54.6 Å². The number of amides is 2. The minimum absolute atomic E-state index is 0.0535. The number of hydrogen-bond donors (Lipinski definition) is 0. The molecule has 198 valence electrons. The van der Waals surface area contributed by atoms with E-state index in [1.165, 1.54) is 21.7 Å². The Morgan fingerprint density at radius 2 is 1.68 bits per heavy atom. The van der Waals surface area contributed by atoms with Gasteiger partial charge in [-0.05, 0) is 23.3 Å². The molecule has 1 aromatic heterocycles. The molecule has 2 aromatic carbocycles. The number of halogens is 3. The van der Waals surface area contributed by atoms with E-state index in [1.54, 1.807) is 11.0 Å². The molecule has 0 bridgehead atoms. The molecule has 0 saturated carbocycles. The summed E-state index contributed by atoms with van der Waals surface area (Å²) in [6.07, 6.45) is -0.242. The Morgan fingerprint density at radius 1 is 0.921 bits per heavy atom. The SMILES string of the molecule is O=C(c1cc2n(n1)CCN(Cc1cccc(C(F)(F)F)c1)C2=O)N1CCN(C/C=C/c2ccccc2)CC1. The molecule has 1 fully saturated rings.